The fraction of sp³-hybridized carbons (Fsp3) is 0.250. The van der Waals surface area contributed by atoms with Gasteiger partial charge in [-0.05, 0) is 48.7 Å². The van der Waals surface area contributed by atoms with Gasteiger partial charge in [-0.1, -0.05) is 39.7 Å². The minimum Gasteiger partial charge on any atom is -0.341 e. The molecule has 8 heteroatoms. The van der Waals surface area contributed by atoms with E-state index >= 15 is 0 Å². The Morgan fingerprint density at radius 3 is 2.54 bits per heavy atom. The Kier molecular flexibility index (Phi) is 4.36. The number of hydrogen-bond acceptors (Lipinski definition) is 4. The Bertz CT molecular complexity index is 1240. The molecular weight excluding hydrogens is 442 g/mol. The van der Waals surface area contributed by atoms with Crippen LogP contribution in [0.3, 0.4) is 0 Å². The van der Waals surface area contributed by atoms with E-state index < -0.39 is 0 Å². The number of benzene rings is 2. The second-order valence-corrected chi connectivity index (χ2v) is 8.36. The standard InChI is InChI=1S/C20H17BrClN5O/c21-14-5-8-17-16(11-14)18(28)26(12-13-3-6-15(22)7-4-13)20-24-23-19(27(17)20)25-9-1-2-10-25/h3-8,11H,1-2,9-10,12H2. The molecule has 1 aliphatic heterocycles. The minimum absolute atomic E-state index is 0.0841. The van der Waals surface area contributed by atoms with Gasteiger partial charge in [0.1, 0.15) is 0 Å². The molecule has 5 rings (SSSR count). The molecule has 28 heavy (non-hydrogen) atoms. The third-order valence-electron chi connectivity index (χ3n) is 5.19. The van der Waals surface area contributed by atoms with E-state index in [0.717, 1.165) is 47.4 Å². The van der Waals surface area contributed by atoms with Gasteiger partial charge in [-0.2, -0.15) is 0 Å². The van der Waals surface area contributed by atoms with Crippen molar-refractivity contribution in [2.45, 2.75) is 19.4 Å². The Morgan fingerprint density at radius 1 is 1.04 bits per heavy atom. The fourth-order valence-corrected chi connectivity index (χ4v) is 4.29. The summed E-state index contributed by atoms with van der Waals surface area (Å²) in [6.45, 7) is 2.31. The van der Waals surface area contributed by atoms with Crippen LogP contribution in [0.1, 0.15) is 18.4 Å². The molecule has 2 aromatic carbocycles. The molecule has 0 spiro atoms. The van der Waals surface area contributed by atoms with Gasteiger partial charge in [0.15, 0.2) is 0 Å². The average molecular weight is 459 g/mol. The van der Waals surface area contributed by atoms with Crippen LogP contribution in [0.4, 0.5) is 5.95 Å². The van der Waals surface area contributed by atoms with Crippen molar-refractivity contribution in [1.82, 2.24) is 19.2 Å². The summed E-state index contributed by atoms with van der Waals surface area (Å²) in [5.74, 6) is 1.35. The number of halogens is 2. The molecule has 3 heterocycles. The Balaban J connectivity index is 1.79. The quantitative estimate of drug-likeness (QED) is 0.464. The number of hydrogen-bond donors (Lipinski definition) is 0. The van der Waals surface area contributed by atoms with Gasteiger partial charge in [-0.25, -0.2) is 4.40 Å². The lowest BCUT2D eigenvalue weighted by atomic mass is 10.2. The van der Waals surface area contributed by atoms with Crippen LogP contribution in [-0.4, -0.2) is 32.3 Å². The maximum absolute atomic E-state index is 13.3. The van der Waals surface area contributed by atoms with Gasteiger partial charge in [0.25, 0.3) is 5.56 Å². The van der Waals surface area contributed by atoms with Crippen LogP contribution >= 0.6 is 27.5 Å². The summed E-state index contributed by atoms with van der Waals surface area (Å²) in [6, 6.07) is 13.3. The Labute approximate surface area is 174 Å². The summed E-state index contributed by atoms with van der Waals surface area (Å²) in [5, 5.41) is 10.2. The molecule has 0 amide bonds. The molecule has 0 aliphatic carbocycles. The van der Waals surface area contributed by atoms with Gasteiger partial charge in [-0.3, -0.25) is 9.36 Å². The van der Waals surface area contributed by atoms with E-state index in [9.17, 15) is 4.79 Å². The summed E-state index contributed by atoms with van der Waals surface area (Å²) >= 11 is 9.50. The van der Waals surface area contributed by atoms with E-state index in [-0.39, 0.29) is 5.56 Å². The van der Waals surface area contributed by atoms with E-state index in [0.29, 0.717) is 22.7 Å². The van der Waals surface area contributed by atoms with Crippen molar-refractivity contribution in [2.75, 3.05) is 18.0 Å². The molecule has 0 radical (unpaired) electrons. The van der Waals surface area contributed by atoms with Crippen molar-refractivity contribution in [3.63, 3.8) is 0 Å². The van der Waals surface area contributed by atoms with E-state index in [2.05, 4.69) is 31.0 Å². The second-order valence-electron chi connectivity index (χ2n) is 7.01. The smallest absolute Gasteiger partial charge is 0.263 e. The molecule has 6 nitrogen and oxygen atoms in total. The van der Waals surface area contributed by atoms with Crippen molar-refractivity contribution in [2.24, 2.45) is 0 Å². The first-order chi connectivity index (χ1) is 13.6. The van der Waals surface area contributed by atoms with Gasteiger partial charge in [0.2, 0.25) is 11.7 Å². The highest BCUT2D eigenvalue weighted by molar-refractivity contribution is 9.10. The van der Waals surface area contributed by atoms with Gasteiger partial charge < -0.3 is 4.90 Å². The topological polar surface area (TPSA) is 55.4 Å². The average Bonchev–Trinajstić information content (AvgIpc) is 3.36. The number of fused-ring (bicyclic) bond motifs is 3. The normalized spacial score (nSPS) is 14.4. The molecule has 0 atom stereocenters. The number of anilines is 1. The van der Waals surface area contributed by atoms with Crippen LogP contribution < -0.4 is 10.5 Å². The molecule has 0 bridgehead atoms. The highest BCUT2D eigenvalue weighted by Crippen LogP contribution is 2.25. The largest absolute Gasteiger partial charge is 0.341 e. The molecule has 4 aromatic rings. The number of rotatable bonds is 3. The zero-order valence-corrected chi connectivity index (χ0v) is 17.3. The first-order valence-corrected chi connectivity index (χ1v) is 10.4. The summed E-state index contributed by atoms with van der Waals surface area (Å²) in [6.07, 6.45) is 2.28. The molecule has 0 saturated carbocycles. The lowest BCUT2D eigenvalue weighted by molar-refractivity contribution is 0.765. The van der Waals surface area contributed by atoms with Crippen molar-refractivity contribution in [1.29, 1.82) is 0 Å². The molecule has 142 valence electrons. The van der Waals surface area contributed by atoms with E-state index in [1.165, 1.54) is 0 Å². The Morgan fingerprint density at radius 2 is 1.79 bits per heavy atom. The highest BCUT2D eigenvalue weighted by atomic mass is 79.9. The van der Waals surface area contributed by atoms with Gasteiger partial charge in [-0.15, -0.1) is 10.2 Å². The summed E-state index contributed by atoms with van der Waals surface area (Å²) in [4.78, 5) is 15.6. The maximum Gasteiger partial charge on any atom is 0.263 e. The summed E-state index contributed by atoms with van der Waals surface area (Å²) < 4.78 is 4.56. The van der Waals surface area contributed by atoms with Crippen molar-refractivity contribution in [3.05, 3.63) is 67.9 Å². The first kappa shape index (κ1) is 17.7. The molecule has 0 unspecified atom stereocenters. The van der Waals surface area contributed by atoms with Crippen LogP contribution in [0.15, 0.2) is 51.7 Å². The van der Waals surface area contributed by atoms with Crippen LogP contribution in [0.25, 0.3) is 16.7 Å². The molecule has 1 aliphatic rings. The minimum atomic E-state index is -0.0841. The van der Waals surface area contributed by atoms with E-state index in [4.69, 9.17) is 11.6 Å². The van der Waals surface area contributed by atoms with Gasteiger partial charge in [0.05, 0.1) is 17.4 Å². The molecule has 1 fully saturated rings. The van der Waals surface area contributed by atoms with Crippen LogP contribution in [0, 0.1) is 0 Å². The van der Waals surface area contributed by atoms with Crippen LogP contribution in [0.2, 0.25) is 5.02 Å². The van der Waals surface area contributed by atoms with Gasteiger partial charge >= 0.3 is 0 Å². The summed E-state index contributed by atoms with van der Waals surface area (Å²) in [5.41, 5.74) is 1.72. The number of nitrogens with zero attached hydrogens (tertiary/aromatic N) is 5. The van der Waals surface area contributed by atoms with E-state index in [1.54, 1.807) is 4.57 Å². The SMILES string of the molecule is O=c1c2cc(Br)ccc2n2c(N3CCCC3)nnc2n1Cc1ccc(Cl)cc1. The van der Waals surface area contributed by atoms with E-state index in [1.807, 2.05) is 46.9 Å². The lowest BCUT2D eigenvalue weighted by Crippen LogP contribution is -2.26. The zero-order valence-electron chi connectivity index (χ0n) is 15.0. The summed E-state index contributed by atoms with van der Waals surface area (Å²) in [7, 11) is 0. The third-order valence-corrected chi connectivity index (χ3v) is 5.93. The number of aromatic nitrogens is 4. The van der Waals surface area contributed by atoms with Crippen LogP contribution in [0.5, 0.6) is 0 Å². The monoisotopic (exact) mass is 457 g/mol. The molecule has 1 saturated heterocycles. The molecular formula is C20H17BrClN5O. The van der Waals surface area contributed by atoms with Gasteiger partial charge in [0, 0.05) is 22.6 Å². The van der Waals surface area contributed by atoms with Crippen molar-refractivity contribution in [3.8, 4) is 0 Å². The fourth-order valence-electron chi connectivity index (χ4n) is 3.81. The van der Waals surface area contributed by atoms with Crippen molar-refractivity contribution < 1.29 is 0 Å². The lowest BCUT2D eigenvalue weighted by Gasteiger charge is -2.17. The molecule has 0 N–H and O–H groups in total. The Hall–Kier alpha value is -2.38. The third kappa shape index (κ3) is 2.89. The highest BCUT2D eigenvalue weighted by Gasteiger charge is 2.22. The zero-order chi connectivity index (χ0) is 19.3. The predicted molar refractivity (Wildman–Crippen MR) is 114 cm³/mol. The second kappa shape index (κ2) is 6.90. The first-order valence-electron chi connectivity index (χ1n) is 9.18. The maximum atomic E-state index is 13.3. The molecule has 2 aromatic heterocycles. The predicted octanol–water partition coefficient (Wildman–Crippen LogP) is 4.11. The van der Waals surface area contributed by atoms with Crippen molar-refractivity contribution >= 4 is 50.2 Å². The van der Waals surface area contributed by atoms with Crippen LogP contribution in [-0.2, 0) is 6.54 Å².